The minimum atomic E-state index is 0.348. The summed E-state index contributed by atoms with van der Waals surface area (Å²) in [5.74, 6) is 0.575. The highest BCUT2D eigenvalue weighted by atomic mass is 35.5. The number of benzene rings is 2. The van der Waals surface area contributed by atoms with Crippen molar-refractivity contribution in [2.45, 2.75) is 6.61 Å². The first kappa shape index (κ1) is 13.4. The van der Waals surface area contributed by atoms with E-state index in [0.29, 0.717) is 34.0 Å². The predicted octanol–water partition coefficient (Wildman–Crippen LogP) is 4.34. The van der Waals surface area contributed by atoms with Gasteiger partial charge in [0.25, 0.3) is 0 Å². The molecular weight excluding hydrogens is 284 g/mol. The van der Waals surface area contributed by atoms with Crippen LogP contribution in [0.25, 0.3) is 10.9 Å². The number of nitrogens with zero attached hydrogens (tertiary/aromatic N) is 2. The van der Waals surface area contributed by atoms with Gasteiger partial charge in [-0.2, -0.15) is 5.26 Å². The number of halogens is 1. The Kier molecular flexibility index (Phi) is 3.72. The number of pyridine rings is 1. The van der Waals surface area contributed by atoms with Gasteiger partial charge < -0.3 is 4.74 Å². The molecule has 102 valence electrons. The van der Waals surface area contributed by atoms with Crippen LogP contribution in [-0.4, -0.2) is 4.98 Å². The molecule has 0 saturated carbocycles. The maximum absolute atomic E-state index is 9.25. The van der Waals surface area contributed by atoms with E-state index in [-0.39, 0.29) is 0 Å². The molecule has 0 aliphatic heterocycles. The van der Waals surface area contributed by atoms with Crippen LogP contribution in [0.2, 0.25) is 5.15 Å². The van der Waals surface area contributed by atoms with E-state index >= 15 is 0 Å². The number of aromatic nitrogens is 1. The van der Waals surface area contributed by atoms with Gasteiger partial charge in [0, 0.05) is 6.07 Å². The highest BCUT2D eigenvalue weighted by molar-refractivity contribution is 6.30. The van der Waals surface area contributed by atoms with Crippen molar-refractivity contribution in [2.24, 2.45) is 0 Å². The van der Waals surface area contributed by atoms with Crippen molar-refractivity contribution in [1.29, 1.82) is 5.26 Å². The summed E-state index contributed by atoms with van der Waals surface area (Å²) in [5, 5.41) is 10.3. The fourth-order valence-electron chi connectivity index (χ4n) is 2.16. The van der Waals surface area contributed by atoms with E-state index in [1.165, 1.54) is 0 Å². The van der Waals surface area contributed by atoms with Crippen molar-refractivity contribution >= 4 is 22.5 Å². The summed E-state index contributed by atoms with van der Waals surface area (Å²) < 4.78 is 5.85. The Morgan fingerprint density at radius 1 is 1.10 bits per heavy atom. The van der Waals surface area contributed by atoms with Crippen molar-refractivity contribution in [2.75, 3.05) is 0 Å². The van der Waals surface area contributed by atoms with E-state index in [1.807, 2.05) is 36.4 Å². The molecule has 0 spiro atoms. The van der Waals surface area contributed by atoms with Crippen LogP contribution in [0.4, 0.5) is 0 Å². The van der Waals surface area contributed by atoms with Gasteiger partial charge in [-0.05, 0) is 17.7 Å². The van der Waals surface area contributed by atoms with Crippen molar-refractivity contribution < 1.29 is 4.74 Å². The Morgan fingerprint density at radius 3 is 2.67 bits per heavy atom. The number of hydrogen-bond acceptors (Lipinski definition) is 3. The second-order valence-corrected chi connectivity index (χ2v) is 4.92. The zero-order chi connectivity index (χ0) is 14.7. The molecule has 3 rings (SSSR count). The van der Waals surface area contributed by atoms with Crippen molar-refractivity contribution in [3.05, 3.63) is 70.9 Å². The lowest BCUT2D eigenvalue weighted by Crippen LogP contribution is -1.97. The smallest absolute Gasteiger partial charge is 0.133 e. The van der Waals surface area contributed by atoms with E-state index < -0.39 is 0 Å². The summed E-state index contributed by atoms with van der Waals surface area (Å²) in [4.78, 5) is 4.23. The second-order valence-electron chi connectivity index (χ2n) is 4.53. The van der Waals surface area contributed by atoms with E-state index in [2.05, 4.69) is 11.1 Å². The number of ether oxygens (including phenoxy) is 1. The fraction of sp³-hybridized carbons (Fsp3) is 0.0588. The lowest BCUT2D eigenvalue weighted by molar-refractivity contribution is 0.310. The Bertz CT molecular complexity index is 825. The summed E-state index contributed by atoms with van der Waals surface area (Å²) in [7, 11) is 0. The molecule has 1 aromatic heterocycles. The highest BCUT2D eigenvalue weighted by Gasteiger charge is 2.10. The molecule has 4 heteroatoms. The molecule has 3 nitrogen and oxygen atoms in total. The van der Waals surface area contributed by atoms with Crippen LogP contribution in [0.1, 0.15) is 11.1 Å². The van der Waals surface area contributed by atoms with E-state index in [1.54, 1.807) is 18.2 Å². The zero-order valence-corrected chi connectivity index (χ0v) is 11.8. The molecule has 21 heavy (non-hydrogen) atoms. The average molecular weight is 295 g/mol. The quantitative estimate of drug-likeness (QED) is 0.675. The normalized spacial score (nSPS) is 10.3. The molecule has 0 radical (unpaired) electrons. The van der Waals surface area contributed by atoms with E-state index in [0.717, 1.165) is 5.56 Å². The second kappa shape index (κ2) is 5.82. The molecule has 0 N–H and O–H groups in total. The van der Waals surface area contributed by atoms with Gasteiger partial charge in [-0.15, -0.1) is 0 Å². The van der Waals surface area contributed by atoms with Crippen LogP contribution in [0.5, 0.6) is 5.75 Å². The number of nitriles is 1. The third-order valence-electron chi connectivity index (χ3n) is 3.12. The Hall–Kier alpha value is -2.57. The molecule has 2 aromatic carbocycles. The fourth-order valence-corrected chi connectivity index (χ4v) is 2.35. The van der Waals surface area contributed by atoms with Gasteiger partial charge in [0.05, 0.1) is 22.5 Å². The van der Waals surface area contributed by atoms with Crippen LogP contribution in [-0.2, 0) is 6.61 Å². The maximum Gasteiger partial charge on any atom is 0.133 e. The molecule has 0 aliphatic rings. The topological polar surface area (TPSA) is 45.9 Å². The van der Waals surface area contributed by atoms with Crippen LogP contribution in [0, 0.1) is 11.3 Å². The maximum atomic E-state index is 9.25. The molecule has 1 heterocycles. The van der Waals surface area contributed by atoms with Crippen molar-refractivity contribution in [3.8, 4) is 11.8 Å². The summed E-state index contributed by atoms with van der Waals surface area (Å²) in [6.07, 6.45) is 0. The minimum absolute atomic E-state index is 0.348. The summed E-state index contributed by atoms with van der Waals surface area (Å²) in [5.41, 5.74) is 2.23. The largest absolute Gasteiger partial charge is 0.488 e. The molecular formula is C17H11ClN2O. The molecule has 0 unspecified atom stereocenters. The van der Waals surface area contributed by atoms with Crippen molar-refractivity contribution in [1.82, 2.24) is 4.98 Å². The van der Waals surface area contributed by atoms with Crippen LogP contribution >= 0.6 is 11.6 Å². The van der Waals surface area contributed by atoms with Gasteiger partial charge in [-0.3, -0.25) is 0 Å². The van der Waals surface area contributed by atoms with Gasteiger partial charge in [0.2, 0.25) is 0 Å². The molecule has 0 saturated heterocycles. The molecule has 0 fully saturated rings. The number of fused-ring (bicyclic) bond motifs is 1. The highest BCUT2D eigenvalue weighted by Crippen LogP contribution is 2.30. The minimum Gasteiger partial charge on any atom is -0.488 e. The Morgan fingerprint density at radius 2 is 1.90 bits per heavy atom. The summed E-state index contributed by atoms with van der Waals surface area (Å²) in [6, 6.07) is 19.0. The third kappa shape index (κ3) is 2.81. The summed E-state index contributed by atoms with van der Waals surface area (Å²) >= 11 is 6.03. The third-order valence-corrected chi connectivity index (χ3v) is 3.32. The van der Waals surface area contributed by atoms with Crippen LogP contribution in [0.3, 0.4) is 0 Å². The van der Waals surface area contributed by atoms with E-state index in [4.69, 9.17) is 16.3 Å². The van der Waals surface area contributed by atoms with Crippen LogP contribution in [0.15, 0.2) is 54.6 Å². The first-order chi connectivity index (χ1) is 10.3. The zero-order valence-electron chi connectivity index (χ0n) is 11.1. The van der Waals surface area contributed by atoms with Crippen molar-refractivity contribution in [3.63, 3.8) is 0 Å². The first-order valence-electron chi connectivity index (χ1n) is 6.44. The summed E-state index contributed by atoms with van der Waals surface area (Å²) in [6.45, 7) is 0.413. The standard InChI is InChI=1S/C17H11ClN2O/c18-16-9-15(21-11-12-5-2-1-3-6-12)17-13(10-19)7-4-8-14(17)20-16/h1-9H,11H2. The van der Waals surface area contributed by atoms with E-state index in [9.17, 15) is 5.26 Å². The average Bonchev–Trinajstić information content (AvgIpc) is 2.52. The molecule has 0 aliphatic carbocycles. The predicted molar refractivity (Wildman–Crippen MR) is 82.2 cm³/mol. The lowest BCUT2D eigenvalue weighted by Gasteiger charge is -2.10. The van der Waals surface area contributed by atoms with Gasteiger partial charge in [0.15, 0.2) is 0 Å². The van der Waals surface area contributed by atoms with Gasteiger partial charge in [0.1, 0.15) is 17.5 Å². The number of rotatable bonds is 3. The monoisotopic (exact) mass is 294 g/mol. The van der Waals surface area contributed by atoms with Gasteiger partial charge in [-0.1, -0.05) is 48.0 Å². The Balaban J connectivity index is 2.03. The molecule has 0 bridgehead atoms. The van der Waals surface area contributed by atoms with Gasteiger partial charge >= 0.3 is 0 Å². The Labute approximate surface area is 127 Å². The first-order valence-corrected chi connectivity index (χ1v) is 6.82. The van der Waals surface area contributed by atoms with Crippen LogP contribution < -0.4 is 4.74 Å². The molecule has 0 amide bonds. The number of hydrogen-bond donors (Lipinski definition) is 0. The lowest BCUT2D eigenvalue weighted by atomic mass is 10.1. The van der Waals surface area contributed by atoms with Gasteiger partial charge in [-0.25, -0.2) is 4.98 Å². The molecule has 3 aromatic rings. The SMILES string of the molecule is N#Cc1cccc2nc(Cl)cc(OCc3ccccc3)c12. The molecule has 0 atom stereocenters.